The maximum absolute atomic E-state index is 4.68. The van der Waals surface area contributed by atoms with Crippen LogP contribution in [0.5, 0.6) is 0 Å². The van der Waals surface area contributed by atoms with Gasteiger partial charge in [0.2, 0.25) is 0 Å². The van der Waals surface area contributed by atoms with Crippen LogP contribution in [-0.2, 0) is 6.42 Å². The van der Waals surface area contributed by atoms with E-state index in [1.54, 1.807) is 0 Å². The summed E-state index contributed by atoms with van der Waals surface area (Å²) in [5.74, 6) is 0.955. The number of aliphatic imine (C=N–C) groups is 1. The number of hydrogen-bond acceptors (Lipinski definition) is 1. The van der Waals surface area contributed by atoms with Gasteiger partial charge in [0.25, 0.3) is 0 Å². The molecule has 0 saturated heterocycles. The molecule has 3 N–H and O–H groups in total. The second-order valence-corrected chi connectivity index (χ2v) is 5.74. The molecule has 0 unspecified atom stereocenters. The van der Waals surface area contributed by atoms with Gasteiger partial charge in [-0.3, -0.25) is 4.99 Å². The summed E-state index contributed by atoms with van der Waals surface area (Å²) in [5, 5.41) is 8.09. The predicted molar refractivity (Wildman–Crippen MR) is 88.9 cm³/mol. The fourth-order valence-corrected chi connectivity index (χ4v) is 2.60. The summed E-state index contributed by atoms with van der Waals surface area (Å²) >= 11 is 0. The van der Waals surface area contributed by atoms with E-state index in [-0.39, 0.29) is 0 Å². The highest BCUT2D eigenvalue weighted by Gasteiger charge is 2.21. The summed E-state index contributed by atoms with van der Waals surface area (Å²) in [6, 6.07) is 7.09. The molecule has 2 aromatic rings. The van der Waals surface area contributed by atoms with Gasteiger partial charge in [0, 0.05) is 36.2 Å². The van der Waals surface area contributed by atoms with Crippen molar-refractivity contribution in [2.75, 3.05) is 13.1 Å². The number of rotatable bonds is 5. The van der Waals surface area contributed by atoms with Crippen LogP contribution in [0, 0.1) is 6.92 Å². The fraction of sp³-hybridized carbons (Fsp3) is 0.471. The van der Waals surface area contributed by atoms with Gasteiger partial charge in [-0.25, -0.2) is 0 Å². The minimum absolute atomic E-state index is 0.638. The Morgan fingerprint density at radius 2 is 2.24 bits per heavy atom. The summed E-state index contributed by atoms with van der Waals surface area (Å²) in [4.78, 5) is 8.06. The third kappa shape index (κ3) is 3.38. The van der Waals surface area contributed by atoms with Crippen molar-refractivity contribution in [2.24, 2.45) is 4.99 Å². The molecular formula is C17H24N4. The van der Waals surface area contributed by atoms with Crippen molar-refractivity contribution < 1.29 is 0 Å². The molecule has 1 heterocycles. The highest BCUT2D eigenvalue weighted by Crippen LogP contribution is 2.21. The van der Waals surface area contributed by atoms with Crippen LogP contribution in [-0.4, -0.2) is 30.1 Å². The highest BCUT2D eigenvalue weighted by molar-refractivity contribution is 5.86. The van der Waals surface area contributed by atoms with E-state index in [1.807, 2.05) is 0 Å². The Hall–Kier alpha value is -1.97. The Labute approximate surface area is 126 Å². The fourth-order valence-electron chi connectivity index (χ4n) is 2.60. The predicted octanol–water partition coefficient (Wildman–Crippen LogP) is 2.74. The smallest absolute Gasteiger partial charge is 0.191 e. The number of aromatic nitrogens is 1. The first-order valence-electron chi connectivity index (χ1n) is 7.88. The number of nitrogens with zero attached hydrogens (tertiary/aromatic N) is 1. The lowest BCUT2D eigenvalue weighted by Gasteiger charge is -2.09. The van der Waals surface area contributed by atoms with Crippen LogP contribution in [0.4, 0.5) is 0 Å². The van der Waals surface area contributed by atoms with Crippen LogP contribution in [0.3, 0.4) is 0 Å². The molecule has 1 aromatic heterocycles. The summed E-state index contributed by atoms with van der Waals surface area (Å²) in [5.41, 5.74) is 3.89. The first-order chi connectivity index (χ1) is 10.3. The Bertz CT molecular complexity index is 637. The van der Waals surface area contributed by atoms with Gasteiger partial charge in [0.1, 0.15) is 0 Å². The first-order valence-corrected chi connectivity index (χ1v) is 7.88. The molecule has 0 amide bonds. The normalized spacial score (nSPS) is 15.4. The largest absolute Gasteiger partial charge is 0.361 e. The number of aromatic amines is 1. The van der Waals surface area contributed by atoms with Crippen LogP contribution in [0.25, 0.3) is 10.9 Å². The summed E-state index contributed by atoms with van der Waals surface area (Å²) in [6.07, 6.45) is 5.62. The maximum Gasteiger partial charge on any atom is 0.191 e. The molecule has 0 bridgehead atoms. The number of para-hydroxylation sites is 1. The van der Waals surface area contributed by atoms with E-state index in [0.29, 0.717) is 6.04 Å². The molecule has 1 aromatic carbocycles. The van der Waals surface area contributed by atoms with Gasteiger partial charge in [-0.05, 0) is 44.2 Å². The zero-order valence-electron chi connectivity index (χ0n) is 12.9. The van der Waals surface area contributed by atoms with E-state index in [9.17, 15) is 0 Å². The third-order valence-electron chi connectivity index (χ3n) is 3.92. The van der Waals surface area contributed by atoms with E-state index in [4.69, 9.17) is 0 Å². The van der Waals surface area contributed by atoms with Gasteiger partial charge < -0.3 is 15.6 Å². The average molecular weight is 284 g/mol. The van der Waals surface area contributed by atoms with Crippen molar-refractivity contribution in [3.63, 3.8) is 0 Å². The second kappa shape index (κ2) is 6.20. The molecule has 3 rings (SSSR count). The average Bonchev–Trinajstić information content (AvgIpc) is 3.19. The molecule has 1 aliphatic carbocycles. The summed E-state index contributed by atoms with van der Waals surface area (Å²) in [6.45, 7) is 5.96. The van der Waals surface area contributed by atoms with Gasteiger partial charge in [-0.2, -0.15) is 0 Å². The monoisotopic (exact) mass is 284 g/mol. The third-order valence-corrected chi connectivity index (χ3v) is 3.92. The van der Waals surface area contributed by atoms with E-state index in [1.165, 1.54) is 34.9 Å². The number of hydrogen-bond donors (Lipinski definition) is 3. The van der Waals surface area contributed by atoms with Crippen LogP contribution in [0.2, 0.25) is 0 Å². The van der Waals surface area contributed by atoms with Crippen LogP contribution >= 0.6 is 0 Å². The molecular weight excluding hydrogens is 260 g/mol. The molecule has 4 nitrogen and oxygen atoms in total. The van der Waals surface area contributed by atoms with Gasteiger partial charge in [0.15, 0.2) is 5.96 Å². The number of nitrogens with one attached hydrogen (secondary N) is 3. The van der Waals surface area contributed by atoms with Crippen molar-refractivity contribution in [3.8, 4) is 0 Å². The summed E-state index contributed by atoms with van der Waals surface area (Å²) < 4.78 is 0. The molecule has 0 spiro atoms. The van der Waals surface area contributed by atoms with E-state index < -0.39 is 0 Å². The molecule has 0 atom stereocenters. The Balaban J connectivity index is 1.66. The number of guanidine groups is 1. The lowest BCUT2D eigenvalue weighted by Crippen LogP contribution is -2.38. The van der Waals surface area contributed by atoms with Gasteiger partial charge in [0.05, 0.1) is 0 Å². The molecule has 0 aliphatic heterocycles. The van der Waals surface area contributed by atoms with E-state index in [0.717, 1.165) is 25.5 Å². The van der Waals surface area contributed by atoms with Gasteiger partial charge >= 0.3 is 0 Å². The number of fused-ring (bicyclic) bond motifs is 1. The molecule has 1 aliphatic rings. The molecule has 21 heavy (non-hydrogen) atoms. The number of aryl methyl sites for hydroxylation is 1. The lowest BCUT2D eigenvalue weighted by atomic mass is 10.1. The zero-order chi connectivity index (χ0) is 14.7. The Morgan fingerprint density at radius 3 is 3.00 bits per heavy atom. The molecule has 112 valence electrons. The Kier molecular flexibility index (Phi) is 4.13. The van der Waals surface area contributed by atoms with Gasteiger partial charge in [-0.15, -0.1) is 0 Å². The maximum atomic E-state index is 4.68. The number of H-pyrrole nitrogens is 1. The second-order valence-electron chi connectivity index (χ2n) is 5.74. The standard InChI is InChI=1S/C17H24N4/c1-3-18-17(21-14-7-8-14)19-10-9-13-11-20-16-12(2)5-4-6-15(13)16/h4-6,11,14,20H,3,7-10H2,1-2H3,(H2,18,19,21). The van der Waals surface area contributed by atoms with E-state index in [2.05, 4.69) is 58.9 Å². The van der Waals surface area contributed by atoms with Crippen LogP contribution in [0.1, 0.15) is 30.9 Å². The minimum Gasteiger partial charge on any atom is -0.361 e. The van der Waals surface area contributed by atoms with Crippen LogP contribution < -0.4 is 10.6 Å². The topological polar surface area (TPSA) is 52.2 Å². The van der Waals surface area contributed by atoms with E-state index >= 15 is 0 Å². The van der Waals surface area contributed by atoms with Gasteiger partial charge in [-0.1, -0.05) is 18.2 Å². The van der Waals surface area contributed by atoms with Crippen molar-refractivity contribution in [1.82, 2.24) is 15.6 Å². The Morgan fingerprint density at radius 1 is 1.38 bits per heavy atom. The molecule has 0 radical (unpaired) electrons. The van der Waals surface area contributed by atoms with Crippen molar-refractivity contribution in [1.29, 1.82) is 0 Å². The molecule has 1 saturated carbocycles. The summed E-state index contributed by atoms with van der Waals surface area (Å²) in [7, 11) is 0. The SMILES string of the molecule is CCNC(=NCCc1c[nH]c2c(C)cccc12)NC1CC1. The van der Waals surface area contributed by atoms with Crippen LogP contribution in [0.15, 0.2) is 29.4 Å². The molecule has 1 fully saturated rings. The number of benzene rings is 1. The van der Waals surface area contributed by atoms with Crippen molar-refractivity contribution >= 4 is 16.9 Å². The zero-order valence-corrected chi connectivity index (χ0v) is 12.9. The highest BCUT2D eigenvalue weighted by atomic mass is 15.2. The van der Waals surface area contributed by atoms with Crippen molar-refractivity contribution in [2.45, 2.75) is 39.2 Å². The molecule has 4 heteroatoms. The van der Waals surface area contributed by atoms with Crippen molar-refractivity contribution in [3.05, 3.63) is 35.5 Å². The minimum atomic E-state index is 0.638. The first kappa shape index (κ1) is 14.0. The lowest BCUT2D eigenvalue weighted by molar-refractivity contribution is 0.809. The quantitative estimate of drug-likeness (QED) is 0.584.